The fraction of sp³-hybridized carbons (Fsp3) is 0.650. The van der Waals surface area contributed by atoms with Crippen molar-refractivity contribution in [2.24, 2.45) is 16.8 Å². The zero-order valence-electron chi connectivity index (χ0n) is 16.3. The van der Waals surface area contributed by atoms with Crippen LogP contribution in [0, 0.1) is 11.8 Å². The zero-order chi connectivity index (χ0) is 18.1. The van der Waals surface area contributed by atoms with E-state index in [1.54, 1.807) is 7.05 Å². The molecule has 148 valence electrons. The number of hydrogen-bond acceptors (Lipinski definition) is 3. The van der Waals surface area contributed by atoms with Gasteiger partial charge in [-0.25, -0.2) is 0 Å². The number of nitrogens with zero attached hydrogens (tertiary/aromatic N) is 2. The van der Waals surface area contributed by atoms with Crippen LogP contribution in [-0.2, 0) is 0 Å². The summed E-state index contributed by atoms with van der Waals surface area (Å²) in [5, 5.41) is 16.4. The van der Waals surface area contributed by atoms with Gasteiger partial charge >= 0.3 is 0 Å². The summed E-state index contributed by atoms with van der Waals surface area (Å²) >= 11 is 0. The summed E-state index contributed by atoms with van der Waals surface area (Å²) in [4.78, 5) is 6.84. The Morgan fingerprint density at radius 2 is 1.85 bits per heavy atom. The smallest absolute Gasteiger partial charge is 0.191 e. The number of halogens is 1. The Morgan fingerprint density at radius 3 is 2.42 bits per heavy atom. The van der Waals surface area contributed by atoms with Crippen molar-refractivity contribution in [1.29, 1.82) is 0 Å². The molecule has 0 bridgehead atoms. The van der Waals surface area contributed by atoms with Crippen LogP contribution in [0.3, 0.4) is 0 Å². The van der Waals surface area contributed by atoms with Crippen molar-refractivity contribution in [3.05, 3.63) is 35.9 Å². The molecule has 3 unspecified atom stereocenters. The van der Waals surface area contributed by atoms with Crippen LogP contribution in [0.5, 0.6) is 0 Å². The van der Waals surface area contributed by atoms with E-state index in [0.29, 0.717) is 6.54 Å². The molecule has 1 aliphatic rings. The van der Waals surface area contributed by atoms with Crippen LogP contribution >= 0.6 is 24.0 Å². The van der Waals surface area contributed by atoms with Crippen LogP contribution in [0.2, 0.25) is 0 Å². The van der Waals surface area contributed by atoms with Crippen LogP contribution in [-0.4, -0.2) is 62.3 Å². The van der Waals surface area contributed by atoms with Crippen molar-refractivity contribution in [3.63, 3.8) is 0 Å². The van der Waals surface area contributed by atoms with Crippen molar-refractivity contribution in [3.8, 4) is 0 Å². The summed E-state index contributed by atoms with van der Waals surface area (Å²) in [5.74, 6) is 2.45. The number of aliphatic hydroxyl groups excluding tert-OH is 1. The van der Waals surface area contributed by atoms with Gasteiger partial charge < -0.3 is 20.6 Å². The molecule has 0 aliphatic carbocycles. The topological polar surface area (TPSA) is 59.9 Å². The van der Waals surface area contributed by atoms with Crippen molar-refractivity contribution in [2.45, 2.75) is 26.2 Å². The molecular formula is C20H35IN4O. The minimum atomic E-state index is 0. The summed E-state index contributed by atoms with van der Waals surface area (Å²) in [6, 6.07) is 10.1. The average Bonchev–Trinajstić information content (AvgIpc) is 2.60. The second-order valence-electron chi connectivity index (χ2n) is 7.38. The van der Waals surface area contributed by atoms with Crippen molar-refractivity contribution < 1.29 is 5.11 Å². The van der Waals surface area contributed by atoms with Gasteiger partial charge in [-0.15, -0.1) is 24.0 Å². The Kier molecular flexibility index (Phi) is 11.2. The number of guanidine groups is 1. The minimum Gasteiger partial charge on any atom is -0.396 e. The van der Waals surface area contributed by atoms with Crippen molar-refractivity contribution >= 4 is 29.9 Å². The molecule has 2 rings (SSSR count). The fourth-order valence-electron chi connectivity index (χ4n) is 3.76. The summed E-state index contributed by atoms with van der Waals surface area (Å²) in [6.45, 7) is 9.78. The van der Waals surface area contributed by atoms with Gasteiger partial charge in [-0.3, -0.25) is 4.99 Å². The quantitative estimate of drug-likeness (QED) is 0.323. The van der Waals surface area contributed by atoms with E-state index in [2.05, 4.69) is 46.5 Å². The van der Waals surface area contributed by atoms with Crippen LogP contribution < -0.4 is 10.6 Å². The van der Waals surface area contributed by atoms with Crippen LogP contribution in [0.1, 0.15) is 31.7 Å². The number of likely N-dealkylation sites (tertiary alicyclic amines) is 1. The van der Waals surface area contributed by atoms with Crippen molar-refractivity contribution in [1.82, 2.24) is 15.5 Å². The molecule has 26 heavy (non-hydrogen) atoms. The largest absolute Gasteiger partial charge is 0.396 e. The second-order valence-corrected chi connectivity index (χ2v) is 7.38. The number of aliphatic imine (C=N–C) groups is 1. The third-order valence-corrected chi connectivity index (χ3v) is 4.90. The van der Waals surface area contributed by atoms with Gasteiger partial charge in [-0.05, 0) is 23.8 Å². The first-order valence-electron chi connectivity index (χ1n) is 9.45. The Hall–Kier alpha value is -0.860. The van der Waals surface area contributed by atoms with Gasteiger partial charge in [0.05, 0.1) is 6.61 Å². The van der Waals surface area contributed by atoms with Gasteiger partial charge in [-0.2, -0.15) is 0 Å². The minimum absolute atomic E-state index is 0. The number of rotatable bonds is 7. The second kappa shape index (κ2) is 12.5. The molecule has 1 aliphatic heterocycles. The Bertz CT molecular complexity index is 516. The molecule has 1 aromatic carbocycles. The molecule has 0 spiro atoms. The first-order chi connectivity index (χ1) is 12.1. The molecule has 1 fully saturated rings. The normalized spacial score (nSPS) is 22.4. The molecule has 5 nitrogen and oxygen atoms in total. The maximum absolute atomic E-state index is 9.65. The van der Waals surface area contributed by atoms with E-state index in [0.717, 1.165) is 36.4 Å². The Balaban J connectivity index is 0.00000338. The highest BCUT2D eigenvalue weighted by atomic mass is 127. The van der Waals surface area contributed by atoms with Crippen molar-refractivity contribution in [2.75, 3.05) is 46.4 Å². The molecule has 0 radical (unpaired) electrons. The third-order valence-electron chi connectivity index (χ3n) is 4.90. The van der Waals surface area contributed by atoms with E-state index < -0.39 is 0 Å². The fourth-order valence-corrected chi connectivity index (χ4v) is 3.76. The average molecular weight is 474 g/mol. The SMILES string of the molecule is CN=C(NCCN1CC(C)CC(C)C1)NCC(CO)c1ccccc1.I. The van der Waals surface area contributed by atoms with Gasteiger partial charge in [0.1, 0.15) is 0 Å². The van der Waals surface area contributed by atoms with Gasteiger partial charge in [0.25, 0.3) is 0 Å². The number of aliphatic hydroxyl groups is 1. The Morgan fingerprint density at radius 1 is 1.19 bits per heavy atom. The first-order valence-corrected chi connectivity index (χ1v) is 9.45. The van der Waals surface area contributed by atoms with Crippen LogP contribution in [0.4, 0.5) is 0 Å². The first kappa shape index (κ1) is 23.2. The van der Waals surface area contributed by atoms with E-state index in [1.165, 1.54) is 19.5 Å². The van der Waals surface area contributed by atoms with E-state index in [4.69, 9.17) is 0 Å². The predicted molar refractivity (Wildman–Crippen MR) is 120 cm³/mol. The Labute approximate surface area is 175 Å². The molecule has 0 aromatic heterocycles. The maximum Gasteiger partial charge on any atom is 0.191 e. The zero-order valence-corrected chi connectivity index (χ0v) is 18.6. The molecule has 0 amide bonds. The lowest BCUT2D eigenvalue weighted by atomic mass is 9.92. The van der Waals surface area contributed by atoms with E-state index >= 15 is 0 Å². The van der Waals surface area contributed by atoms with Gasteiger partial charge in [0, 0.05) is 45.7 Å². The lowest BCUT2D eigenvalue weighted by Crippen LogP contribution is -2.46. The molecule has 0 saturated carbocycles. The lowest BCUT2D eigenvalue weighted by Gasteiger charge is -2.35. The van der Waals surface area contributed by atoms with Gasteiger partial charge in [0.2, 0.25) is 0 Å². The number of hydrogen-bond donors (Lipinski definition) is 3. The number of piperidine rings is 1. The molecule has 6 heteroatoms. The summed E-state index contributed by atoms with van der Waals surface area (Å²) in [7, 11) is 1.79. The highest BCUT2D eigenvalue weighted by molar-refractivity contribution is 14.0. The van der Waals surface area contributed by atoms with E-state index in [9.17, 15) is 5.11 Å². The summed E-state index contributed by atoms with van der Waals surface area (Å²) < 4.78 is 0. The highest BCUT2D eigenvalue weighted by Gasteiger charge is 2.21. The number of benzene rings is 1. The standard InChI is InChI=1S/C20H34N4O.HI/c1-16-11-17(2)14-24(13-16)10-9-22-20(21-3)23-12-19(15-25)18-7-5-4-6-8-18;/h4-8,16-17,19,25H,9-15H2,1-3H3,(H2,21,22,23);1H. The molecule has 1 saturated heterocycles. The monoisotopic (exact) mass is 474 g/mol. The van der Waals surface area contributed by atoms with E-state index in [1.807, 2.05) is 18.2 Å². The molecular weight excluding hydrogens is 439 g/mol. The molecule has 3 N–H and O–H groups in total. The summed E-state index contributed by atoms with van der Waals surface area (Å²) in [5.41, 5.74) is 1.14. The molecule has 3 atom stereocenters. The summed E-state index contributed by atoms with van der Waals surface area (Å²) in [6.07, 6.45) is 1.34. The van der Waals surface area contributed by atoms with Crippen LogP contribution in [0.15, 0.2) is 35.3 Å². The van der Waals surface area contributed by atoms with Gasteiger partial charge in [-0.1, -0.05) is 44.2 Å². The highest BCUT2D eigenvalue weighted by Crippen LogP contribution is 2.20. The predicted octanol–water partition coefficient (Wildman–Crippen LogP) is 2.52. The van der Waals surface area contributed by atoms with E-state index in [-0.39, 0.29) is 36.5 Å². The van der Waals surface area contributed by atoms with Gasteiger partial charge in [0.15, 0.2) is 5.96 Å². The molecule has 1 aromatic rings. The maximum atomic E-state index is 9.65. The van der Waals surface area contributed by atoms with Crippen LogP contribution in [0.25, 0.3) is 0 Å². The molecule has 1 heterocycles. The lowest BCUT2D eigenvalue weighted by molar-refractivity contribution is 0.143. The number of nitrogens with one attached hydrogen (secondary N) is 2. The third kappa shape index (κ3) is 7.80.